The van der Waals surface area contributed by atoms with Crippen molar-refractivity contribution < 1.29 is 14.3 Å². The molecule has 4 heteroatoms. The van der Waals surface area contributed by atoms with Crippen LogP contribution in [-0.2, 0) is 16.0 Å². The number of carbonyl (C=O) groups excluding carboxylic acids is 1. The molecule has 0 spiro atoms. The molecule has 88 valence electrons. The first kappa shape index (κ1) is 13.0. The van der Waals surface area contributed by atoms with Gasteiger partial charge in [0.25, 0.3) is 0 Å². The SMILES string of the molecule is COC(=O)[C@H](C)Oc1cccc(CCBr)c1. The molecule has 0 saturated heterocycles. The lowest BCUT2D eigenvalue weighted by Gasteiger charge is -2.12. The Bertz CT molecular complexity index is 352. The highest BCUT2D eigenvalue weighted by atomic mass is 79.9. The molecule has 0 aliphatic carbocycles. The summed E-state index contributed by atoms with van der Waals surface area (Å²) in [5.74, 6) is 0.322. The molecule has 1 rings (SSSR count). The molecule has 0 aliphatic heterocycles. The standard InChI is InChI=1S/C12H15BrO3/c1-9(12(14)15-2)16-11-5-3-4-10(8-11)6-7-13/h3-5,8-9H,6-7H2,1-2H3/t9-/m0/s1. The number of aryl methyl sites for hydroxylation is 1. The Morgan fingerprint density at radius 1 is 1.50 bits per heavy atom. The molecule has 0 bridgehead atoms. The predicted octanol–water partition coefficient (Wildman–Crippen LogP) is 2.56. The van der Waals surface area contributed by atoms with E-state index >= 15 is 0 Å². The van der Waals surface area contributed by atoms with Crippen molar-refractivity contribution in [2.75, 3.05) is 12.4 Å². The molecule has 0 amide bonds. The van der Waals surface area contributed by atoms with E-state index < -0.39 is 6.10 Å². The lowest BCUT2D eigenvalue weighted by molar-refractivity contribution is -0.147. The van der Waals surface area contributed by atoms with Crippen LogP contribution in [0.1, 0.15) is 12.5 Å². The fourth-order valence-corrected chi connectivity index (χ4v) is 1.76. The lowest BCUT2D eigenvalue weighted by Crippen LogP contribution is -2.24. The average Bonchev–Trinajstić information content (AvgIpc) is 2.29. The molecule has 0 saturated carbocycles. The summed E-state index contributed by atoms with van der Waals surface area (Å²) in [4.78, 5) is 11.2. The van der Waals surface area contributed by atoms with Gasteiger partial charge in [-0.2, -0.15) is 0 Å². The summed E-state index contributed by atoms with van der Waals surface area (Å²) >= 11 is 3.38. The van der Waals surface area contributed by atoms with Gasteiger partial charge in [-0.15, -0.1) is 0 Å². The number of rotatable bonds is 5. The number of halogens is 1. The van der Waals surface area contributed by atoms with Crippen molar-refractivity contribution in [1.82, 2.24) is 0 Å². The molecule has 0 fully saturated rings. The minimum atomic E-state index is -0.579. The van der Waals surface area contributed by atoms with Crippen LogP contribution in [0.3, 0.4) is 0 Å². The molecule has 1 aromatic rings. The van der Waals surface area contributed by atoms with Gasteiger partial charge < -0.3 is 9.47 Å². The van der Waals surface area contributed by atoms with Gasteiger partial charge in [-0.3, -0.25) is 0 Å². The van der Waals surface area contributed by atoms with Gasteiger partial charge in [-0.25, -0.2) is 4.79 Å². The van der Waals surface area contributed by atoms with Crippen LogP contribution in [-0.4, -0.2) is 24.5 Å². The smallest absolute Gasteiger partial charge is 0.346 e. The molecule has 3 nitrogen and oxygen atoms in total. The Morgan fingerprint density at radius 3 is 2.88 bits per heavy atom. The maximum absolute atomic E-state index is 11.2. The monoisotopic (exact) mass is 286 g/mol. The quantitative estimate of drug-likeness (QED) is 0.617. The van der Waals surface area contributed by atoms with Crippen molar-refractivity contribution in [3.05, 3.63) is 29.8 Å². The molecule has 0 N–H and O–H groups in total. The summed E-state index contributed by atoms with van der Waals surface area (Å²) in [6, 6.07) is 7.70. The van der Waals surface area contributed by atoms with Crippen molar-refractivity contribution >= 4 is 21.9 Å². The molecule has 0 heterocycles. The zero-order valence-corrected chi connectivity index (χ0v) is 11.0. The van der Waals surface area contributed by atoms with E-state index in [1.165, 1.54) is 12.7 Å². The summed E-state index contributed by atoms with van der Waals surface area (Å²) in [5, 5.41) is 0.906. The Kier molecular flexibility index (Phi) is 5.32. The van der Waals surface area contributed by atoms with Gasteiger partial charge in [0.05, 0.1) is 7.11 Å². The second-order valence-corrected chi connectivity index (χ2v) is 4.16. The van der Waals surface area contributed by atoms with Crippen molar-refractivity contribution in [2.24, 2.45) is 0 Å². The topological polar surface area (TPSA) is 35.5 Å². The van der Waals surface area contributed by atoms with E-state index in [1.807, 2.05) is 24.3 Å². The van der Waals surface area contributed by atoms with E-state index in [0.29, 0.717) is 5.75 Å². The number of alkyl halides is 1. The van der Waals surface area contributed by atoms with Crippen molar-refractivity contribution in [1.29, 1.82) is 0 Å². The maximum Gasteiger partial charge on any atom is 0.346 e. The minimum absolute atomic E-state index is 0.370. The van der Waals surface area contributed by atoms with Crippen LogP contribution in [0.15, 0.2) is 24.3 Å². The van der Waals surface area contributed by atoms with Crippen molar-refractivity contribution in [3.8, 4) is 5.75 Å². The maximum atomic E-state index is 11.2. The van der Waals surface area contributed by atoms with Gasteiger partial charge in [-0.05, 0) is 31.0 Å². The lowest BCUT2D eigenvalue weighted by atomic mass is 10.2. The van der Waals surface area contributed by atoms with Gasteiger partial charge in [0.2, 0.25) is 0 Å². The molecule has 1 atom stereocenters. The van der Waals surface area contributed by atoms with E-state index in [-0.39, 0.29) is 5.97 Å². The van der Waals surface area contributed by atoms with E-state index in [4.69, 9.17) is 4.74 Å². The van der Waals surface area contributed by atoms with Gasteiger partial charge in [-0.1, -0.05) is 28.1 Å². The first-order valence-electron chi connectivity index (χ1n) is 5.06. The highest BCUT2D eigenvalue weighted by Gasteiger charge is 2.14. The van der Waals surface area contributed by atoms with Crippen LogP contribution >= 0.6 is 15.9 Å². The van der Waals surface area contributed by atoms with Crippen LogP contribution < -0.4 is 4.74 Å². The Balaban J connectivity index is 2.66. The molecule has 0 aliphatic rings. The largest absolute Gasteiger partial charge is 0.479 e. The second-order valence-electron chi connectivity index (χ2n) is 3.37. The van der Waals surface area contributed by atoms with E-state index in [0.717, 1.165) is 11.8 Å². The third-order valence-corrected chi connectivity index (χ3v) is 2.52. The minimum Gasteiger partial charge on any atom is -0.479 e. The number of ether oxygens (including phenoxy) is 2. The molecular weight excluding hydrogens is 272 g/mol. The van der Waals surface area contributed by atoms with Crippen LogP contribution in [0.2, 0.25) is 0 Å². The summed E-state index contributed by atoms with van der Waals surface area (Å²) in [7, 11) is 1.35. The molecule has 0 radical (unpaired) electrons. The average molecular weight is 287 g/mol. The first-order chi connectivity index (χ1) is 7.67. The first-order valence-corrected chi connectivity index (χ1v) is 6.19. The number of hydrogen-bond acceptors (Lipinski definition) is 3. The van der Waals surface area contributed by atoms with Gasteiger partial charge in [0.1, 0.15) is 5.75 Å². The Labute approximate surface area is 104 Å². The molecule has 16 heavy (non-hydrogen) atoms. The van der Waals surface area contributed by atoms with Crippen molar-refractivity contribution in [2.45, 2.75) is 19.4 Å². The summed E-state index contributed by atoms with van der Waals surface area (Å²) in [5.41, 5.74) is 1.17. The predicted molar refractivity (Wildman–Crippen MR) is 66.0 cm³/mol. The van der Waals surface area contributed by atoms with E-state index in [1.54, 1.807) is 6.92 Å². The van der Waals surface area contributed by atoms with E-state index in [9.17, 15) is 4.79 Å². The van der Waals surface area contributed by atoms with Gasteiger partial charge >= 0.3 is 5.97 Å². The Morgan fingerprint density at radius 2 is 2.25 bits per heavy atom. The van der Waals surface area contributed by atoms with Gasteiger partial charge in [0, 0.05) is 5.33 Å². The Hall–Kier alpha value is -1.03. The van der Waals surface area contributed by atoms with Crippen LogP contribution in [0, 0.1) is 0 Å². The number of esters is 1. The normalized spacial score (nSPS) is 11.9. The van der Waals surface area contributed by atoms with Crippen LogP contribution in [0.5, 0.6) is 5.75 Å². The van der Waals surface area contributed by atoms with E-state index in [2.05, 4.69) is 20.7 Å². The highest BCUT2D eigenvalue weighted by molar-refractivity contribution is 9.09. The van der Waals surface area contributed by atoms with Gasteiger partial charge in [0.15, 0.2) is 6.10 Å². The summed E-state index contributed by atoms with van der Waals surface area (Å²) in [6.07, 6.45) is 0.355. The third kappa shape index (κ3) is 3.85. The molecule has 0 aromatic heterocycles. The molecule has 1 aromatic carbocycles. The number of methoxy groups -OCH3 is 1. The van der Waals surface area contributed by atoms with Crippen molar-refractivity contribution in [3.63, 3.8) is 0 Å². The fraction of sp³-hybridized carbons (Fsp3) is 0.417. The number of benzene rings is 1. The summed E-state index contributed by atoms with van der Waals surface area (Å²) in [6.45, 7) is 1.67. The zero-order valence-electron chi connectivity index (χ0n) is 9.40. The molecule has 0 unspecified atom stereocenters. The number of hydrogen-bond donors (Lipinski definition) is 0. The van der Waals surface area contributed by atoms with Crippen LogP contribution in [0.25, 0.3) is 0 Å². The third-order valence-electron chi connectivity index (χ3n) is 2.13. The summed E-state index contributed by atoms with van der Waals surface area (Å²) < 4.78 is 10.1. The van der Waals surface area contributed by atoms with Crippen LogP contribution in [0.4, 0.5) is 0 Å². The number of carbonyl (C=O) groups is 1. The second kappa shape index (κ2) is 6.53. The highest BCUT2D eigenvalue weighted by Crippen LogP contribution is 2.16. The zero-order chi connectivity index (χ0) is 12.0. The molecular formula is C12H15BrO3. The fourth-order valence-electron chi connectivity index (χ4n) is 1.30.